The predicted octanol–water partition coefficient (Wildman–Crippen LogP) is 1.91. The number of thioether (sulfide) groups is 1. The number of nitrogens with one attached hydrogen (secondary N) is 1. The van der Waals surface area contributed by atoms with Gasteiger partial charge in [0.05, 0.1) is 5.56 Å². The fourth-order valence-corrected chi connectivity index (χ4v) is 2.17. The Bertz CT molecular complexity index is 485. The van der Waals surface area contributed by atoms with Gasteiger partial charge in [-0.15, -0.1) is 10.2 Å². The van der Waals surface area contributed by atoms with Gasteiger partial charge in [-0.25, -0.2) is 0 Å². The molecule has 1 amide bonds. The van der Waals surface area contributed by atoms with E-state index in [1.165, 1.54) is 29.3 Å². The molecule has 82 valence electrons. The van der Waals surface area contributed by atoms with E-state index in [1.807, 2.05) is 6.26 Å². The largest absolute Gasteiger partial charge is 0.296 e. The van der Waals surface area contributed by atoms with Gasteiger partial charge in [-0.3, -0.25) is 15.1 Å². The molecule has 0 radical (unpaired) electrons. The van der Waals surface area contributed by atoms with Crippen LogP contribution in [0.1, 0.15) is 10.4 Å². The lowest BCUT2D eigenvalue weighted by molar-refractivity contribution is 0.102. The standard InChI is InChI=1S/C9H8N4OS2/c1-15-9-13-12-8(16-9)11-7(14)6-3-2-4-10-5-6/h2-5H,1H3,(H,11,12,14). The maximum absolute atomic E-state index is 11.7. The minimum absolute atomic E-state index is 0.225. The molecule has 0 aromatic carbocycles. The van der Waals surface area contributed by atoms with Crippen LogP contribution in [0.25, 0.3) is 0 Å². The van der Waals surface area contributed by atoms with Crippen LogP contribution >= 0.6 is 23.1 Å². The highest BCUT2D eigenvalue weighted by atomic mass is 32.2. The summed E-state index contributed by atoms with van der Waals surface area (Å²) in [4.78, 5) is 15.6. The Kier molecular flexibility index (Phi) is 3.47. The van der Waals surface area contributed by atoms with Crippen LogP contribution in [-0.4, -0.2) is 27.3 Å². The summed E-state index contributed by atoms with van der Waals surface area (Å²) in [5.74, 6) is -0.225. The average molecular weight is 252 g/mol. The molecule has 2 aromatic rings. The lowest BCUT2D eigenvalue weighted by atomic mass is 10.3. The molecular weight excluding hydrogens is 244 g/mol. The summed E-state index contributed by atoms with van der Waals surface area (Å²) in [5.41, 5.74) is 0.503. The Morgan fingerprint density at radius 2 is 2.38 bits per heavy atom. The molecule has 1 N–H and O–H groups in total. The summed E-state index contributed by atoms with van der Waals surface area (Å²) < 4.78 is 0.821. The van der Waals surface area contributed by atoms with E-state index in [2.05, 4.69) is 20.5 Å². The summed E-state index contributed by atoms with van der Waals surface area (Å²) in [7, 11) is 0. The van der Waals surface area contributed by atoms with Crippen molar-refractivity contribution in [3.63, 3.8) is 0 Å². The third-order valence-electron chi connectivity index (χ3n) is 1.73. The number of carbonyl (C=O) groups excluding carboxylic acids is 1. The van der Waals surface area contributed by atoms with Crippen LogP contribution in [-0.2, 0) is 0 Å². The quantitative estimate of drug-likeness (QED) is 0.667. The number of hydrogen-bond acceptors (Lipinski definition) is 6. The highest BCUT2D eigenvalue weighted by Crippen LogP contribution is 2.23. The molecule has 7 heteroatoms. The number of hydrogen-bond donors (Lipinski definition) is 1. The first-order chi connectivity index (χ1) is 7.79. The van der Waals surface area contributed by atoms with Gasteiger partial charge >= 0.3 is 0 Å². The Labute approximate surface area is 100 Å². The van der Waals surface area contributed by atoms with Crippen molar-refractivity contribution in [3.8, 4) is 0 Å². The molecule has 0 atom stereocenters. The molecular formula is C9H8N4OS2. The van der Waals surface area contributed by atoms with E-state index in [1.54, 1.807) is 18.3 Å². The van der Waals surface area contributed by atoms with Crippen LogP contribution in [0.5, 0.6) is 0 Å². The van der Waals surface area contributed by atoms with Gasteiger partial charge in [0.15, 0.2) is 4.34 Å². The fourth-order valence-electron chi connectivity index (χ4n) is 1.01. The minimum Gasteiger partial charge on any atom is -0.296 e. The van der Waals surface area contributed by atoms with Gasteiger partial charge in [0, 0.05) is 12.4 Å². The monoisotopic (exact) mass is 252 g/mol. The molecule has 0 fully saturated rings. The fraction of sp³-hybridized carbons (Fsp3) is 0.111. The van der Waals surface area contributed by atoms with Crippen LogP contribution in [0.2, 0.25) is 0 Å². The first-order valence-corrected chi connectivity index (χ1v) is 6.42. The zero-order valence-corrected chi connectivity index (χ0v) is 10.0. The van der Waals surface area contributed by atoms with E-state index < -0.39 is 0 Å². The first kappa shape index (κ1) is 11.0. The molecule has 0 spiro atoms. The van der Waals surface area contributed by atoms with Crippen molar-refractivity contribution in [2.24, 2.45) is 0 Å². The van der Waals surface area contributed by atoms with Gasteiger partial charge in [-0.2, -0.15) is 0 Å². The van der Waals surface area contributed by atoms with Crippen LogP contribution in [0.15, 0.2) is 28.9 Å². The number of amides is 1. The Morgan fingerprint density at radius 3 is 3.00 bits per heavy atom. The summed E-state index contributed by atoms with van der Waals surface area (Å²) in [6.45, 7) is 0. The Hall–Kier alpha value is -1.47. The molecule has 0 aliphatic heterocycles. The second-order valence-corrected chi connectivity index (χ2v) is 4.80. The van der Waals surface area contributed by atoms with Gasteiger partial charge in [0.2, 0.25) is 5.13 Å². The number of carbonyl (C=O) groups is 1. The molecule has 2 aromatic heterocycles. The SMILES string of the molecule is CSc1nnc(NC(=O)c2cccnc2)s1. The lowest BCUT2D eigenvalue weighted by Crippen LogP contribution is -2.11. The predicted molar refractivity (Wildman–Crippen MR) is 63.9 cm³/mol. The van der Waals surface area contributed by atoms with E-state index in [0.29, 0.717) is 10.7 Å². The minimum atomic E-state index is -0.225. The van der Waals surface area contributed by atoms with Crippen LogP contribution < -0.4 is 5.32 Å². The van der Waals surface area contributed by atoms with Crippen LogP contribution in [0.4, 0.5) is 5.13 Å². The number of aromatic nitrogens is 3. The molecule has 0 saturated heterocycles. The number of nitrogens with zero attached hydrogens (tertiary/aromatic N) is 3. The normalized spacial score (nSPS) is 10.1. The average Bonchev–Trinajstić information content (AvgIpc) is 2.78. The maximum atomic E-state index is 11.7. The highest BCUT2D eigenvalue weighted by Gasteiger charge is 2.09. The van der Waals surface area contributed by atoms with E-state index in [4.69, 9.17) is 0 Å². The summed E-state index contributed by atoms with van der Waals surface area (Å²) in [5, 5.41) is 10.9. The van der Waals surface area contributed by atoms with E-state index in [0.717, 1.165) is 4.34 Å². The van der Waals surface area contributed by atoms with Gasteiger partial charge < -0.3 is 0 Å². The smallest absolute Gasteiger partial charge is 0.259 e. The third kappa shape index (κ3) is 2.56. The van der Waals surface area contributed by atoms with Crippen molar-refractivity contribution in [2.75, 3.05) is 11.6 Å². The Balaban J connectivity index is 2.08. The molecule has 2 heterocycles. The summed E-state index contributed by atoms with van der Waals surface area (Å²) >= 11 is 2.84. The zero-order chi connectivity index (χ0) is 11.4. The van der Waals surface area contributed by atoms with Crippen molar-refractivity contribution in [1.82, 2.24) is 15.2 Å². The first-order valence-electron chi connectivity index (χ1n) is 4.38. The molecule has 0 aliphatic carbocycles. The second-order valence-electron chi connectivity index (χ2n) is 2.77. The van der Waals surface area contributed by atoms with Gasteiger partial charge in [0.1, 0.15) is 0 Å². The van der Waals surface area contributed by atoms with E-state index in [9.17, 15) is 4.79 Å². The second kappa shape index (κ2) is 5.04. The number of pyridine rings is 1. The van der Waals surface area contributed by atoms with Gasteiger partial charge in [-0.1, -0.05) is 23.1 Å². The van der Waals surface area contributed by atoms with Crippen LogP contribution in [0, 0.1) is 0 Å². The van der Waals surface area contributed by atoms with E-state index >= 15 is 0 Å². The molecule has 5 nitrogen and oxygen atoms in total. The van der Waals surface area contributed by atoms with Crippen molar-refractivity contribution in [2.45, 2.75) is 4.34 Å². The van der Waals surface area contributed by atoms with Gasteiger partial charge in [-0.05, 0) is 18.4 Å². The van der Waals surface area contributed by atoms with E-state index in [-0.39, 0.29) is 5.91 Å². The molecule has 2 rings (SSSR count). The number of anilines is 1. The van der Waals surface area contributed by atoms with Crippen molar-refractivity contribution in [1.29, 1.82) is 0 Å². The zero-order valence-electron chi connectivity index (χ0n) is 8.38. The van der Waals surface area contributed by atoms with Gasteiger partial charge in [0.25, 0.3) is 5.91 Å². The van der Waals surface area contributed by atoms with Crippen LogP contribution in [0.3, 0.4) is 0 Å². The topological polar surface area (TPSA) is 67.8 Å². The van der Waals surface area contributed by atoms with Crippen molar-refractivity contribution >= 4 is 34.1 Å². The molecule has 0 unspecified atom stereocenters. The lowest BCUT2D eigenvalue weighted by Gasteiger charge is -1.98. The number of rotatable bonds is 3. The summed E-state index contributed by atoms with van der Waals surface area (Å²) in [6.07, 6.45) is 5.03. The molecule has 16 heavy (non-hydrogen) atoms. The maximum Gasteiger partial charge on any atom is 0.259 e. The Morgan fingerprint density at radius 1 is 1.50 bits per heavy atom. The third-order valence-corrected chi connectivity index (χ3v) is 3.54. The highest BCUT2D eigenvalue weighted by molar-refractivity contribution is 8.00. The molecule has 0 aliphatic rings. The summed E-state index contributed by atoms with van der Waals surface area (Å²) in [6, 6.07) is 3.40. The molecule has 0 bridgehead atoms. The molecule has 0 saturated carbocycles. The van der Waals surface area contributed by atoms with Crippen molar-refractivity contribution < 1.29 is 4.79 Å². The van der Waals surface area contributed by atoms with Crippen molar-refractivity contribution in [3.05, 3.63) is 30.1 Å².